The predicted octanol–water partition coefficient (Wildman–Crippen LogP) is 3.09. The Bertz CT molecular complexity index is 955. The molecule has 0 radical (unpaired) electrons. The first-order valence-corrected chi connectivity index (χ1v) is 10.3. The Hall–Kier alpha value is -2.42. The molecule has 27 heavy (non-hydrogen) atoms. The predicted molar refractivity (Wildman–Crippen MR) is 102 cm³/mol. The van der Waals surface area contributed by atoms with Gasteiger partial charge in [0.25, 0.3) is 0 Å². The van der Waals surface area contributed by atoms with Gasteiger partial charge >= 0.3 is 0 Å². The number of benzene rings is 1. The molecule has 2 bridgehead atoms. The number of nitriles is 2. The Labute approximate surface area is 160 Å². The van der Waals surface area contributed by atoms with Gasteiger partial charge in [0.2, 0.25) is 15.7 Å². The maximum absolute atomic E-state index is 13.3. The van der Waals surface area contributed by atoms with Gasteiger partial charge in [0.15, 0.2) is 0 Å². The Morgan fingerprint density at radius 2 is 1.96 bits per heavy atom. The van der Waals surface area contributed by atoms with Crippen molar-refractivity contribution in [1.82, 2.24) is 4.31 Å². The molecule has 7 nitrogen and oxygen atoms in total. The zero-order valence-corrected chi connectivity index (χ0v) is 16.5. The van der Waals surface area contributed by atoms with Gasteiger partial charge in [-0.25, -0.2) is 8.42 Å². The number of fused-ring (bicyclic) bond motifs is 2. The number of rotatable bonds is 4. The normalized spacial score (nSPS) is 26.6. The third-order valence-electron chi connectivity index (χ3n) is 5.32. The van der Waals surface area contributed by atoms with Gasteiger partial charge in [0, 0.05) is 12.6 Å². The van der Waals surface area contributed by atoms with Crippen LogP contribution in [0.25, 0.3) is 0 Å². The van der Waals surface area contributed by atoms with Crippen molar-refractivity contribution in [3.8, 4) is 12.1 Å². The molecule has 1 aliphatic heterocycles. The van der Waals surface area contributed by atoms with E-state index in [1.54, 1.807) is 34.6 Å². The van der Waals surface area contributed by atoms with E-state index in [4.69, 9.17) is 10.5 Å². The van der Waals surface area contributed by atoms with Crippen LogP contribution in [0.4, 0.5) is 5.69 Å². The molecule has 1 saturated heterocycles. The number of hydrogen-bond acceptors (Lipinski definition) is 6. The van der Waals surface area contributed by atoms with E-state index in [-0.39, 0.29) is 27.5 Å². The van der Waals surface area contributed by atoms with E-state index >= 15 is 0 Å². The number of sulfonamides is 1. The summed E-state index contributed by atoms with van der Waals surface area (Å²) in [5.74, 6) is 0. The summed E-state index contributed by atoms with van der Waals surface area (Å²) in [4.78, 5) is 0.187. The topological polar surface area (TPSA) is 109 Å². The molecule has 2 fully saturated rings. The fourth-order valence-corrected chi connectivity index (χ4v) is 6.57. The highest BCUT2D eigenvalue weighted by Crippen LogP contribution is 2.53. The molecule has 3 rings (SSSR count). The fraction of sp³-hybridized carbons (Fsp3) is 0.526. The quantitative estimate of drug-likeness (QED) is 0.633. The van der Waals surface area contributed by atoms with Crippen LogP contribution < -0.4 is 5.43 Å². The van der Waals surface area contributed by atoms with Gasteiger partial charge in [-0.05, 0) is 48.3 Å². The molecular weight excluding hydrogens is 362 g/mol. The van der Waals surface area contributed by atoms with Gasteiger partial charge in [-0.3, -0.25) is 5.43 Å². The van der Waals surface area contributed by atoms with Gasteiger partial charge in [-0.1, -0.05) is 26.8 Å². The van der Waals surface area contributed by atoms with E-state index in [0.717, 1.165) is 19.3 Å². The Kier molecular flexibility index (Phi) is 4.75. The third-order valence-corrected chi connectivity index (χ3v) is 7.21. The SMILES string of the molecule is CC1(C)CC2CC(C)(CN2S(=O)(=O)c2cccc(NN=C(C#N)C#N)c2)C1. The van der Waals surface area contributed by atoms with E-state index in [2.05, 4.69) is 31.3 Å². The minimum absolute atomic E-state index is 0.00807. The number of nitrogens with zero attached hydrogens (tertiary/aromatic N) is 4. The first-order valence-electron chi connectivity index (χ1n) is 8.84. The molecule has 1 aliphatic carbocycles. The lowest BCUT2D eigenvalue weighted by atomic mass is 9.65. The van der Waals surface area contributed by atoms with Crippen molar-refractivity contribution in [3.05, 3.63) is 24.3 Å². The number of nitrogens with one attached hydrogen (secondary N) is 1. The summed E-state index contributed by atoms with van der Waals surface area (Å²) in [5, 5.41) is 21.1. The summed E-state index contributed by atoms with van der Waals surface area (Å²) in [7, 11) is -3.64. The zero-order chi connectivity index (χ0) is 19.9. The largest absolute Gasteiger partial charge is 0.276 e. The summed E-state index contributed by atoms with van der Waals surface area (Å²) in [6.45, 7) is 7.12. The summed E-state index contributed by atoms with van der Waals surface area (Å²) in [6.07, 6.45) is 2.77. The van der Waals surface area contributed by atoms with Gasteiger partial charge in [0.1, 0.15) is 12.1 Å². The molecule has 1 saturated carbocycles. The first-order chi connectivity index (χ1) is 12.6. The van der Waals surface area contributed by atoms with Crippen molar-refractivity contribution >= 4 is 21.4 Å². The highest BCUT2D eigenvalue weighted by Gasteiger charge is 2.53. The van der Waals surface area contributed by atoms with Crippen LogP contribution in [0.3, 0.4) is 0 Å². The first kappa shape index (κ1) is 19.3. The standard InChI is InChI=1S/C19H23N5O2S/c1-18(2)8-16-9-19(3,12-18)13-24(16)27(25,26)17-6-4-5-14(7-17)22-23-15(10-20)11-21/h4-7,16,22H,8-9,12-13H2,1-3H3. The van der Waals surface area contributed by atoms with Crippen LogP contribution in [0.15, 0.2) is 34.3 Å². The maximum Gasteiger partial charge on any atom is 0.243 e. The molecule has 0 aromatic heterocycles. The second-order valence-electron chi connectivity index (χ2n) is 8.59. The smallest absolute Gasteiger partial charge is 0.243 e. The number of anilines is 1. The van der Waals surface area contributed by atoms with Crippen LogP contribution in [-0.4, -0.2) is 31.0 Å². The zero-order valence-electron chi connectivity index (χ0n) is 15.7. The molecule has 2 aliphatic rings. The van der Waals surface area contributed by atoms with Crippen molar-refractivity contribution in [3.63, 3.8) is 0 Å². The van der Waals surface area contributed by atoms with E-state index in [1.165, 1.54) is 6.07 Å². The monoisotopic (exact) mass is 385 g/mol. The summed E-state index contributed by atoms with van der Waals surface area (Å²) < 4.78 is 28.2. The second-order valence-corrected chi connectivity index (χ2v) is 10.5. The number of hydrazone groups is 1. The Morgan fingerprint density at radius 1 is 1.26 bits per heavy atom. The average molecular weight is 385 g/mol. The average Bonchev–Trinajstić information content (AvgIpc) is 2.85. The van der Waals surface area contributed by atoms with Crippen molar-refractivity contribution in [2.45, 2.75) is 51.0 Å². The second kappa shape index (κ2) is 6.63. The third kappa shape index (κ3) is 3.83. The molecule has 0 amide bonds. The highest BCUT2D eigenvalue weighted by molar-refractivity contribution is 7.89. The molecule has 2 unspecified atom stereocenters. The highest BCUT2D eigenvalue weighted by atomic mass is 32.2. The van der Waals surface area contributed by atoms with Gasteiger partial charge in [-0.15, -0.1) is 0 Å². The van der Waals surface area contributed by atoms with Crippen molar-refractivity contribution in [2.24, 2.45) is 15.9 Å². The minimum atomic E-state index is -3.64. The molecule has 8 heteroatoms. The van der Waals surface area contributed by atoms with Crippen LogP contribution in [0, 0.1) is 33.5 Å². The lowest BCUT2D eigenvalue weighted by molar-refractivity contribution is 0.133. The van der Waals surface area contributed by atoms with Gasteiger partial charge in [0.05, 0.1) is 10.6 Å². The van der Waals surface area contributed by atoms with Gasteiger partial charge < -0.3 is 0 Å². The Morgan fingerprint density at radius 3 is 2.63 bits per heavy atom. The maximum atomic E-state index is 13.3. The molecule has 2 atom stereocenters. The molecule has 0 spiro atoms. The summed E-state index contributed by atoms with van der Waals surface area (Å²) in [6, 6.07) is 9.63. The van der Waals surface area contributed by atoms with E-state index in [9.17, 15) is 8.42 Å². The summed E-state index contributed by atoms with van der Waals surface area (Å²) in [5.41, 5.74) is 2.80. The molecule has 1 aromatic rings. The van der Waals surface area contributed by atoms with Crippen LogP contribution in [-0.2, 0) is 10.0 Å². The van der Waals surface area contributed by atoms with Crippen LogP contribution >= 0.6 is 0 Å². The minimum Gasteiger partial charge on any atom is -0.276 e. The van der Waals surface area contributed by atoms with Crippen LogP contribution in [0.5, 0.6) is 0 Å². The summed E-state index contributed by atoms with van der Waals surface area (Å²) >= 11 is 0. The lowest BCUT2D eigenvalue weighted by Crippen LogP contribution is -2.37. The molecule has 1 aromatic carbocycles. The van der Waals surface area contributed by atoms with Crippen molar-refractivity contribution in [2.75, 3.05) is 12.0 Å². The molecule has 1 N–H and O–H groups in total. The number of hydrogen-bond donors (Lipinski definition) is 1. The molecule has 1 heterocycles. The fourth-order valence-electron chi connectivity index (χ4n) is 4.75. The molecule has 142 valence electrons. The van der Waals surface area contributed by atoms with Crippen LogP contribution in [0.2, 0.25) is 0 Å². The van der Waals surface area contributed by atoms with Gasteiger partial charge in [-0.2, -0.15) is 19.9 Å². The molecular formula is C19H23N5O2S. The lowest BCUT2D eigenvalue weighted by Gasteiger charge is -2.39. The van der Waals surface area contributed by atoms with E-state index in [1.807, 2.05) is 0 Å². The van der Waals surface area contributed by atoms with Crippen molar-refractivity contribution < 1.29 is 8.42 Å². The van der Waals surface area contributed by atoms with Crippen molar-refractivity contribution in [1.29, 1.82) is 10.5 Å². The van der Waals surface area contributed by atoms with Crippen LogP contribution in [0.1, 0.15) is 40.0 Å². The van der Waals surface area contributed by atoms with E-state index < -0.39 is 10.0 Å². The van der Waals surface area contributed by atoms with E-state index in [0.29, 0.717) is 12.2 Å². The Balaban J connectivity index is 1.89.